The van der Waals surface area contributed by atoms with Crippen molar-refractivity contribution in [3.63, 3.8) is 0 Å². The second kappa shape index (κ2) is 5.62. The highest BCUT2D eigenvalue weighted by atomic mass is 16.5. The Labute approximate surface area is 141 Å². The van der Waals surface area contributed by atoms with Crippen molar-refractivity contribution in [3.05, 3.63) is 52.5 Å². The van der Waals surface area contributed by atoms with Crippen LogP contribution in [0.4, 0.5) is 0 Å². The molecule has 0 saturated carbocycles. The van der Waals surface area contributed by atoms with Gasteiger partial charge in [-0.3, -0.25) is 9.59 Å². The van der Waals surface area contributed by atoms with E-state index in [-0.39, 0.29) is 28.3 Å². The van der Waals surface area contributed by atoms with Crippen molar-refractivity contribution in [1.82, 2.24) is 0 Å². The second-order valence-electron chi connectivity index (χ2n) is 7.41. The van der Waals surface area contributed by atoms with Gasteiger partial charge in [0, 0.05) is 29.6 Å². The first kappa shape index (κ1) is 16.5. The van der Waals surface area contributed by atoms with Gasteiger partial charge in [0.1, 0.15) is 11.5 Å². The number of carbonyl (C=O) groups is 2. The van der Waals surface area contributed by atoms with Crippen molar-refractivity contribution < 1.29 is 19.4 Å². The standard InChI is InChI=1S/C20H22O4/c1-11(21)17(12(2)22)18-13-7-5-6-8-15(13)24-16-10-20(3,4)9-14(23)19(16)18/h5-8,18,21H,9-10H2,1-4H3. The van der Waals surface area contributed by atoms with Crippen LogP contribution in [0, 0.1) is 5.41 Å². The third kappa shape index (κ3) is 2.66. The molecule has 4 nitrogen and oxygen atoms in total. The molecule has 1 aromatic rings. The molecule has 4 heteroatoms. The van der Waals surface area contributed by atoms with Crippen LogP contribution in [0.3, 0.4) is 0 Å². The summed E-state index contributed by atoms with van der Waals surface area (Å²) in [4.78, 5) is 25.1. The molecule has 24 heavy (non-hydrogen) atoms. The number of fused-ring (bicyclic) bond motifs is 1. The molecular weight excluding hydrogens is 304 g/mol. The van der Waals surface area contributed by atoms with Gasteiger partial charge in [0.05, 0.1) is 11.7 Å². The summed E-state index contributed by atoms with van der Waals surface area (Å²) in [5.41, 5.74) is 1.36. The van der Waals surface area contributed by atoms with Gasteiger partial charge in [-0.15, -0.1) is 0 Å². The molecule has 0 amide bonds. The molecule has 2 aliphatic rings. The molecule has 126 valence electrons. The van der Waals surface area contributed by atoms with Crippen molar-refractivity contribution >= 4 is 11.6 Å². The topological polar surface area (TPSA) is 63.6 Å². The summed E-state index contributed by atoms with van der Waals surface area (Å²) < 4.78 is 6.03. The molecular formula is C20H22O4. The van der Waals surface area contributed by atoms with Crippen LogP contribution in [0.25, 0.3) is 0 Å². The van der Waals surface area contributed by atoms with Crippen molar-refractivity contribution in [2.75, 3.05) is 0 Å². The fraction of sp³-hybridized carbons (Fsp3) is 0.400. The molecule has 1 aliphatic carbocycles. The predicted octanol–water partition coefficient (Wildman–Crippen LogP) is 4.23. The van der Waals surface area contributed by atoms with Gasteiger partial charge >= 0.3 is 0 Å². The number of ether oxygens (including phenoxy) is 1. The van der Waals surface area contributed by atoms with Crippen LogP contribution >= 0.6 is 0 Å². The predicted molar refractivity (Wildman–Crippen MR) is 90.9 cm³/mol. The molecule has 0 bridgehead atoms. The minimum Gasteiger partial charge on any atom is -0.512 e. The molecule has 0 radical (unpaired) electrons. The van der Waals surface area contributed by atoms with Crippen LogP contribution in [-0.2, 0) is 9.59 Å². The Balaban J connectivity index is 2.27. The molecule has 1 N–H and O–H groups in total. The average Bonchev–Trinajstić information content (AvgIpc) is 2.44. The number of allylic oxidation sites excluding steroid dienone is 4. The van der Waals surface area contributed by atoms with E-state index >= 15 is 0 Å². The first-order valence-corrected chi connectivity index (χ1v) is 8.15. The zero-order valence-corrected chi connectivity index (χ0v) is 14.5. The summed E-state index contributed by atoms with van der Waals surface area (Å²) >= 11 is 0. The lowest BCUT2D eigenvalue weighted by Crippen LogP contribution is -2.34. The molecule has 1 heterocycles. The molecule has 3 rings (SSSR count). The van der Waals surface area contributed by atoms with Gasteiger partial charge in [0.2, 0.25) is 0 Å². The van der Waals surface area contributed by atoms with E-state index in [4.69, 9.17) is 4.74 Å². The first-order valence-electron chi connectivity index (χ1n) is 8.15. The Hall–Kier alpha value is -2.36. The number of para-hydroxylation sites is 1. The third-order valence-corrected chi connectivity index (χ3v) is 4.69. The average molecular weight is 326 g/mol. The van der Waals surface area contributed by atoms with E-state index in [0.29, 0.717) is 29.9 Å². The molecule has 1 aromatic carbocycles. The number of hydrogen-bond donors (Lipinski definition) is 1. The monoisotopic (exact) mass is 326 g/mol. The van der Waals surface area contributed by atoms with Crippen LogP contribution in [0.2, 0.25) is 0 Å². The minimum absolute atomic E-state index is 0.0132. The number of carbonyl (C=O) groups excluding carboxylic acids is 2. The summed E-state index contributed by atoms with van der Waals surface area (Å²) in [6.07, 6.45) is 1.04. The van der Waals surface area contributed by atoms with E-state index in [1.807, 2.05) is 38.1 Å². The second-order valence-corrected chi connectivity index (χ2v) is 7.41. The Bertz CT molecular complexity index is 792. The maximum atomic E-state index is 12.9. The lowest BCUT2D eigenvalue weighted by molar-refractivity contribution is -0.118. The van der Waals surface area contributed by atoms with E-state index in [0.717, 1.165) is 5.56 Å². The fourth-order valence-corrected chi connectivity index (χ4v) is 3.76. The van der Waals surface area contributed by atoms with Crippen LogP contribution in [-0.4, -0.2) is 16.7 Å². The van der Waals surface area contributed by atoms with Crippen LogP contribution in [0.5, 0.6) is 5.75 Å². The summed E-state index contributed by atoms with van der Waals surface area (Å²) in [7, 11) is 0. The minimum atomic E-state index is -0.559. The highest BCUT2D eigenvalue weighted by Crippen LogP contribution is 2.50. The largest absolute Gasteiger partial charge is 0.512 e. The number of rotatable bonds is 2. The molecule has 1 aliphatic heterocycles. The quantitative estimate of drug-likeness (QED) is 0.652. The number of benzene rings is 1. The third-order valence-electron chi connectivity index (χ3n) is 4.69. The molecule has 0 fully saturated rings. The lowest BCUT2D eigenvalue weighted by atomic mass is 9.69. The van der Waals surface area contributed by atoms with Gasteiger partial charge in [-0.25, -0.2) is 0 Å². The summed E-state index contributed by atoms with van der Waals surface area (Å²) in [6, 6.07) is 7.40. The van der Waals surface area contributed by atoms with Crippen LogP contribution in [0.1, 0.15) is 52.0 Å². The Morgan fingerprint density at radius 3 is 2.50 bits per heavy atom. The summed E-state index contributed by atoms with van der Waals surface area (Å²) in [5, 5.41) is 10.1. The molecule has 1 unspecified atom stereocenters. The fourth-order valence-electron chi connectivity index (χ4n) is 3.76. The molecule has 0 aromatic heterocycles. The van der Waals surface area contributed by atoms with Gasteiger partial charge < -0.3 is 9.84 Å². The zero-order chi connectivity index (χ0) is 17.6. The van der Waals surface area contributed by atoms with Crippen molar-refractivity contribution in [2.45, 2.75) is 46.5 Å². The van der Waals surface area contributed by atoms with Crippen LogP contribution < -0.4 is 4.74 Å². The maximum Gasteiger partial charge on any atom is 0.163 e. The number of hydrogen-bond acceptors (Lipinski definition) is 4. The first-order chi connectivity index (χ1) is 11.2. The van der Waals surface area contributed by atoms with E-state index < -0.39 is 5.92 Å². The van der Waals surface area contributed by atoms with E-state index in [2.05, 4.69) is 0 Å². The Kier molecular flexibility index (Phi) is 3.86. The number of Topliss-reactive ketones (excluding diaryl/α,β-unsaturated/α-hetero) is 2. The van der Waals surface area contributed by atoms with Gasteiger partial charge in [-0.1, -0.05) is 32.0 Å². The number of ketones is 2. The van der Waals surface area contributed by atoms with E-state index in [1.54, 1.807) is 0 Å². The molecule has 0 saturated heterocycles. The Morgan fingerprint density at radius 2 is 1.88 bits per heavy atom. The van der Waals surface area contributed by atoms with E-state index in [1.165, 1.54) is 13.8 Å². The SMILES string of the molecule is CC(=O)C(=C(C)O)C1C2=C(CC(C)(C)CC2=O)Oc2ccccc21. The van der Waals surface area contributed by atoms with E-state index in [9.17, 15) is 14.7 Å². The van der Waals surface area contributed by atoms with Crippen molar-refractivity contribution in [2.24, 2.45) is 5.41 Å². The van der Waals surface area contributed by atoms with Gasteiger partial charge in [-0.2, -0.15) is 0 Å². The van der Waals surface area contributed by atoms with Crippen molar-refractivity contribution in [3.8, 4) is 5.75 Å². The van der Waals surface area contributed by atoms with Gasteiger partial charge in [0.15, 0.2) is 11.6 Å². The summed E-state index contributed by atoms with van der Waals surface area (Å²) in [5.74, 6) is 0.415. The highest BCUT2D eigenvalue weighted by Gasteiger charge is 2.43. The smallest absolute Gasteiger partial charge is 0.163 e. The number of aliphatic hydroxyl groups excluding tert-OH is 1. The lowest BCUT2D eigenvalue weighted by Gasteiger charge is -2.38. The van der Waals surface area contributed by atoms with Crippen LogP contribution in [0.15, 0.2) is 46.9 Å². The normalized spacial score (nSPS) is 23.0. The summed E-state index contributed by atoms with van der Waals surface area (Å²) in [6.45, 7) is 6.98. The Morgan fingerprint density at radius 1 is 1.21 bits per heavy atom. The number of aliphatic hydroxyl groups is 1. The highest BCUT2D eigenvalue weighted by molar-refractivity contribution is 6.04. The van der Waals surface area contributed by atoms with Crippen molar-refractivity contribution in [1.29, 1.82) is 0 Å². The molecule has 0 spiro atoms. The van der Waals surface area contributed by atoms with Gasteiger partial charge in [0.25, 0.3) is 0 Å². The maximum absolute atomic E-state index is 12.9. The zero-order valence-electron chi connectivity index (χ0n) is 14.5. The van der Waals surface area contributed by atoms with Gasteiger partial charge in [-0.05, 0) is 25.3 Å². The molecule has 1 atom stereocenters.